The Hall–Kier alpha value is -2.37. The molecule has 19 heavy (non-hydrogen) atoms. The Morgan fingerprint density at radius 1 is 1.32 bits per heavy atom. The van der Waals surface area contributed by atoms with Gasteiger partial charge in [-0.15, -0.1) is 0 Å². The molecule has 3 N–H and O–H groups in total. The number of fused-ring (bicyclic) bond motifs is 1. The summed E-state index contributed by atoms with van der Waals surface area (Å²) in [5.74, 6) is 1.51. The molecule has 1 aliphatic rings. The molecule has 1 aliphatic heterocycles. The predicted octanol–water partition coefficient (Wildman–Crippen LogP) is 1.71. The molecule has 6 nitrogen and oxygen atoms in total. The van der Waals surface area contributed by atoms with E-state index in [0.717, 1.165) is 6.42 Å². The Bertz CT molecular complexity index is 499. The fourth-order valence-electron chi connectivity index (χ4n) is 1.51. The van der Waals surface area contributed by atoms with Gasteiger partial charge in [-0.05, 0) is 18.6 Å². The van der Waals surface area contributed by atoms with Crippen molar-refractivity contribution in [1.29, 1.82) is 0 Å². The highest BCUT2D eigenvalue weighted by molar-refractivity contribution is 5.74. The number of benzene rings is 1. The average molecular weight is 264 g/mol. The highest BCUT2D eigenvalue weighted by Crippen LogP contribution is 2.34. The first-order chi connectivity index (χ1) is 9.19. The van der Waals surface area contributed by atoms with Crippen molar-refractivity contribution < 1.29 is 19.4 Å². The topological polar surface area (TPSA) is 79.8 Å². The molecule has 0 saturated heterocycles. The van der Waals surface area contributed by atoms with Gasteiger partial charge in [0.25, 0.3) is 0 Å². The van der Waals surface area contributed by atoms with Crippen LogP contribution >= 0.6 is 0 Å². The molecule has 102 valence electrons. The van der Waals surface area contributed by atoms with E-state index in [0.29, 0.717) is 23.8 Å². The fraction of sp³-hybridized carbons (Fsp3) is 0.308. The van der Waals surface area contributed by atoms with Crippen LogP contribution in [0.25, 0.3) is 0 Å². The van der Waals surface area contributed by atoms with Gasteiger partial charge in [0.15, 0.2) is 17.3 Å². The molecule has 0 aliphatic carbocycles. The van der Waals surface area contributed by atoms with Crippen LogP contribution in [0.1, 0.15) is 13.3 Å². The number of nitrogens with one attached hydrogen (secondary N) is 2. The first-order valence-electron chi connectivity index (χ1n) is 6.07. The normalized spacial score (nSPS) is 12.6. The SMILES string of the molecule is CCCNC(=O)NCC1=COc2ccc(O)cc2O1. The van der Waals surface area contributed by atoms with Crippen LogP contribution in [0, 0.1) is 0 Å². The first-order valence-corrected chi connectivity index (χ1v) is 6.07. The van der Waals surface area contributed by atoms with Crippen LogP contribution < -0.4 is 20.1 Å². The Morgan fingerprint density at radius 2 is 2.16 bits per heavy atom. The van der Waals surface area contributed by atoms with Crippen molar-refractivity contribution in [3.63, 3.8) is 0 Å². The molecule has 0 fully saturated rings. The van der Waals surface area contributed by atoms with E-state index < -0.39 is 0 Å². The first kappa shape index (κ1) is 13.1. The third kappa shape index (κ3) is 3.54. The van der Waals surface area contributed by atoms with Gasteiger partial charge >= 0.3 is 6.03 Å². The molecule has 0 unspecified atom stereocenters. The van der Waals surface area contributed by atoms with E-state index in [2.05, 4.69) is 10.6 Å². The fourth-order valence-corrected chi connectivity index (χ4v) is 1.51. The number of ether oxygens (including phenoxy) is 2. The lowest BCUT2D eigenvalue weighted by atomic mass is 10.3. The van der Waals surface area contributed by atoms with Crippen molar-refractivity contribution >= 4 is 6.03 Å². The molecule has 2 rings (SSSR count). The molecular formula is C13H16N2O4. The molecule has 1 heterocycles. The van der Waals surface area contributed by atoms with Gasteiger partial charge < -0.3 is 25.2 Å². The van der Waals surface area contributed by atoms with Gasteiger partial charge in [-0.3, -0.25) is 0 Å². The van der Waals surface area contributed by atoms with Crippen molar-refractivity contribution in [2.75, 3.05) is 13.1 Å². The quantitative estimate of drug-likeness (QED) is 0.773. The van der Waals surface area contributed by atoms with Gasteiger partial charge in [0.1, 0.15) is 12.0 Å². The largest absolute Gasteiger partial charge is 0.508 e. The molecule has 0 saturated carbocycles. The maximum absolute atomic E-state index is 11.4. The van der Waals surface area contributed by atoms with Gasteiger partial charge in [0.05, 0.1) is 6.54 Å². The van der Waals surface area contributed by atoms with Crippen LogP contribution in [0.4, 0.5) is 4.79 Å². The van der Waals surface area contributed by atoms with Gasteiger partial charge in [-0.2, -0.15) is 0 Å². The Balaban J connectivity index is 1.87. The number of carbonyl (C=O) groups excluding carboxylic acids is 1. The van der Waals surface area contributed by atoms with E-state index >= 15 is 0 Å². The second-order valence-corrected chi connectivity index (χ2v) is 4.04. The number of hydrogen-bond donors (Lipinski definition) is 3. The van der Waals surface area contributed by atoms with E-state index in [9.17, 15) is 9.90 Å². The molecular weight excluding hydrogens is 248 g/mol. The summed E-state index contributed by atoms with van der Waals surface area (Å²) in [5.41, 5.74) is 0. The third-order valence-electron chi connectivity index (χ3n) is 2.44. The zero-order chi connectivity index (χ0) is 13.7. The summed E-state index contributed by atoms with van der Waals surface area (Å²) in [6, 6.07) is 4.32. The Kier molecular flexibility index (Phi) is 4.12. The molecule has 0 aromatic heterocycles. The number of phenols is 1. The minimum Gasteiger partial charge on any atom is -0.508 e. The number of amides is 2. The molecule has 2 amide bonds. The van der Waals surface area contributed by atoms with Crippen LogP contribution in [0.2, 0.25) is 0 Å². The third-order valence-corrected chi connectivity index (χ3v) is 2.44. The lowest BCUT2D eigenvalue weighted by molar-refractivity contribution is 0.239. The molecule has 6 heteroatoms. The molecule has 0 atom stereocenters. The van der Waals surface area contributed by atoms with Crippen LogP contribution in [0.15, 0.2) is 30.2 Å². The predicted molar refractivity (Wildman–Crippen MR) is 69.1 cm³/mol. The molecule has 1 aromatic rings. The lowest BCUT2D eigenvalue weighted by Crippen LogP contribution is -2.37. The van der Waals surface area contributed by atoms with Gasteiger partial charge in [0.2, 0.25) is 0 Å². The average Bonchev–Trinajstić information content (AvgIpc) is 2.42. The van der Waals surface area contributed by atoms with Crippen molar-refractivity contribution in [2.24, 2.45) is 0 Å². The van der Waals surface area contributed by atoms with Crippen molar-refractivity contribution in [1.82, 2.24) is 10.6 Å². The summed E-state index contributed by atoms with van der Waals surface area (Å²) in [4.78, 5) is 11.4. The highest BCUT2D eigenvalue weighted by atomic mass is 16.6. The van der Waals surface area contributed by atoms with E-state index in [1.807, 2.05) is 6.92 Å². The van der Waals surface area contributed by atoms with Crippen LogP contribution in [0.3, 0.4) is 0 Å². The number of hydrogen-bond acceptors (Lipinski definition) is 4. The standard InChI is InChI=1S/C13H16N2O4/c1-2-5-14-13(17)15-7-10-8-18-11-4-3-9(16)6-12(11)19-10/h3-4,6,8,16H,2,5,7H2,1H3,(H2,14,15,17). The maximum Gasteiger partial charge on any atom is 0.315 e. The molecule has 0 spiro atoms. The van der Waals surface area contributed by atoms with Crippen molar-refractivity contribution in [3.05, 3.63) is 30.2 Å². The highest BCUT2D eigenvalue weighted by Gasteiger charge is 2.15. The van der Waals surface area contributed by atoms with Crippen LogP contribution in [-0.4, -0.2) is 24.2 Å². The smallest absolute Gasteiger partial charge is 0.315 e. The second-order valence-electron chi connectivity index (χ2n) is 4.04. The van der Waals surface area contributed by atoms with Crippen LogP contribution in [0.5, 0.6) is 17.2 Å². The number of urea groups is 1. The number of phenolic OH excluding ortho intramolecular Hbond substituents is 1. The minimum absolute atomic E-state index is 0.0947. The molecule has 0 radical (unpaired) electrons. The summed E-state index contributed by atoms with van der Waals surface area (Å²) >= 11 is 0. The van der Waals surface area contributed by atoms with Gasteiger partial charge in [-0.25, -0.2) is 4.79 Å². The summed E-state index contributed by atoms with van der Waals surface area (Å²) < 4.78 is 10.8. The van der Waals surface area contributed by atoms with Gasteiger partial charge in [-0.1, -0.05) is 6.92 Å². The van der Waals surface area contributed by atoms with Gasteiger partial charge in [0, 0.05) is 12.6 Å². The van der Waals surface area contributed by atoms with E-state index in [1.165, 1.54) is 18.4 Å². The van der Waals surface area contributed by atoms with Crippen molar-refractivity contribution in [3.8, 4) is 17.2 Å². The van der Waals surface area contributed by atoms with E-state index in [1.54, 1.807) is 6.07 Å². The monoisotopic (exact) mass is 264 g/mol. The second kappa shape index (κ2) is 5.99. The zero-order valence-electron chi connectivity index (χ0n) is 10.6. The van der Waals surface area contributed by atoms with Crippen molar-refractivity contribution in [2.45, 2.75) is 13.3 Å². The Morgan fingerprint density at radius 3 is 2.95 bits per heavy atom. The zero-order valence-corrected chi connectivity index (χ0v) is 10.6. The number of carbonyl (C=O) groups is 1. The summed E-state index contributed by atoms with van der Waals surface area (Å²) in [5, 5.41) is 14.7. The van der Waals surface area contributed by atoms with E-state index in [4.69, 9.17) is 9.47 Å². The van der Waals surface area contributed by atoms with Crippen LogP contribution in [-0.2, 0) is 0 Å². The summed E-state index contributed by atoms with van der Waals surface area (Å²) in [7, 11) is 0. The lowest BCUT2D eigenvalue weighted by Gasteiger charge is -2.18. The number of aromatic hydroxyl groups is 1. The van der Waals surface area contributed by atoms with E-state index in [-0.39, 0.29) is 18.3 Å². The summed E-state index contributed by atoms with van der Waals surface area (Å²) in [6.07, 6.45) is 2.31. The maximum atomic E-state index is 11.4. The number of rotatable bonds is 4. The Labute approximate surface area is 111 Å². The molecule has 0 bridgehead atoms. The summed E-state index contributed by atoms with van der Waals surface area (Å²) in [6.45, 7) is 2.81. The molecule has 1 aromatic carbocycles. The minimum atomic E-state index is -0.256.